The van der Waals surface area contributed by atoms with Crippen LogP contribution in [0, 0.1) is 13.8 Å². The number of hydrogen-bond donors (Lipinski definition) is 1. The molecule has 0 bridgehead atoms. The highest BCUT2D eigenvalue weighted by atomic mass is 16.4. The van der Waals surface area contributed by atoms with E-state index >= 15 is 0 Å². The van der Waals surface area contributed by atoms with Crippen molar-refractivity contribution in [3.63, 3.8) is 0 Å². The van der Waals surface area contributed by atoms with E-state index in [-0.39, 0.29) is 5.56 Å². The molecule has 1 aromatic heterocycles. The smallest absolute Gasteiger partial charge is 0.328 e. The Morgan fingerprint density at radius 1 is 1.19 bits per heavy atom. The van der Waals surface area contributed by atoms with Crippen LogP contribution in [0.15, 0.2) is 41.2 Å². The molecule has 2 aromatic rings. The minimum Gasteiger partial charge on any atom is -0.478 e. The van der Waals surface area contributed by atoms with Crippen molar-refractivity contribution < 1.29 is 9.90 Å². The van der Waals surface area contributed by atoms with Gasteiger partial charge in [0.15, 0.2) is 0 Å². The lowest BCUT2D eigenvalue weighted by atomic mass is 10.0. The van der Waals surface area contributed by atoms with Crippen molar-refractivity contribution in [2.24, 2.45) is 7.05 Å². The number of aryl methyl sites for hydroxylation is 2. The maximum absolute atomic E-state index is 12.3. The van der Waals surface area contributed by atoms with Gasteiger partial charge in [-0.1, -0.05) is 17.7 Å². The summed E-state index contributed by atoms with van der Waals surface area (Å²) in [6.45, 7) is 4.00. The van der Waals surface area contributed by atoms with E-state index in [1.54, 1.807) is 17.7 Å². The molecule has 108 valence electrons. The number of carbonyl (C=O) groups is 1. The van der Waals surface area contributed by atoms with E-state index in [1.807, 2.05) is 38.1 Å². The molecule has 0 saturated carbocycles. The van der Waals surface area contributed by atoms with E-state index in [9.17, 15) is 9.59 Å². The summed E-state index contributed by atoms with van der Waals surface area (Å²) in [6, 6.07) is 9.58. The second-order valence-corrected chi connectivity index (χ2v) is 5.03. The Labute approximate surface area is 123 Å². The fourth-order valence-electron chi connectivity index (χ4n) is 2.23. The molecule has 1 N–H and O–H groups in total. The molecule has 0 unspecified atom stereocenters. The van der Waals surface area contributed by atoms with Crippen LogP contribution >= 0.6 is 0 Å². The highest BCUT2D eigenvalue weighted by Gasteiger charge is 2.09. The van der Waals surface area contributed by atoms with Crippen LogP contribution in [0.3, 0.4) is 0 Å². The molecule has 0 atom stereocenters. The number of aromatic nitrogens is 1. The van der Waals surface area contributed by atoms with Crippen LogP contribution < -0.4 is 5.56 Å². The van der Waals surface area contributed by atoms with Gasteiger partial charge in [-0.3, -0.25) is 4.79 Å². The second-order valence-electron chi connectivity index (χ2n) is 5.03. The van der Waals surface area contributed by atoms with Crippen LogP contribution in [-0.4, -0.2) is 15.6 Å². The quantitative estimate of drug-likeness (QED) is 0.881. The van der Waals surface area contributed by atoms with Gasteiger partial charge < -0.3 is 9.67 Å². The van der Waals surface area contributed by atoms with Crippen molar-refractivity contribution in [3.05, 3.63) is 63.5 Å². The number of hydrogen-bond acceptors (Lipinski definition) is 2. The molecule has 0 fully saturated rings. The summed E-state index contributed by atoms with van der Waals surface area (Å²) in [5, 5.41) is 8.64. The molecule has 0 amide bonds. The van der Waals surface area contributed by atoms with Crippen LogP contribution in [0.2, 0.25) is 0 Å². The minimum absolute atomic E-state index is 0.217. The number of nitrogens with zero attached hydrogens (tertiary/aromatic N) is 1. The first-order valence-electron chi connectivity index (χ1n) is 6.59. The molecule has 0 radical (unpaired) electrons. The van der Waals surface area contributed by atoms with Crippen molar-refractivity contribution in [3.8, 4) is 11.3 Å². The van der Waals surface area contributed by atoms with E-state index in [0.717, 1.165) is 28.5 Å². The van der Waals surface area contributed by atoms with E-state index in [0.29, 0.717) is 5.56 Å². The Kier molecular flexibility index (Phi) is 4.08. The lowest BCUT2D eigenvalue weighted by Crippen LogP contribution is -2.20. The average Bonchev–Trinajstić information content (AvgIpc) is 2.43. The Morgan fingerprint density at radius 3 is 2.57 bits per heavy atom. The number of carboxylic acids is 1. The molecule has 2 rings (SSSR count). The fourth-order valence-corrected chi connectivity index (χ4v) is 2.23. The lowest BCUT2D eigenvalue weighted by Gasteiger charge is -2.12. The molecular formula is C17H17NO3. The largest absolute Gasteiger partial charge is 0.478 e. The third kappa shape index (κ3) is 3.11. The van der Waals surface area contributed by atoms with Gasteiger partial charge in [0.1, 0.15) is 0 Å². The zero-order valence-electron chi connectivity index (χ0n) is 12.3. The van der Waals surface area contributed by atoms with E-state index in [2.05, 4.69) is 0 Å². The van der Waals surface area contributed by atoms with Gasteiger partial charge in [0, 0.05) is 24.3 Å². The maximum Gasteiger partial charge on any atom is 0.328 e. The summed E-state index contributed by atoms with van der Waals surface area (Å²) in [4.78, 5) is 22.8. The van der Waals surface area contributed by atoms with Gasteiger partial charge in [-0.2, -0.15) is 0 Å². The van der Waals surface area contributed by atoms with Crippen molar-refractivity contribution in [1.29, 1.82) is 0 Å². The molecule has 4 nitrogen and oxygen atoms in total. The number of pyridine rings is 1. The van der Waals surface area contributed by atoms with Gasteiger partial charge in [0.05, 0.1) is 5.69 Å². The summed E-state index contributed by atoms with van der Waals surface area (Å²) in [5.41, 5.74) is 4.17. The molecule has 1 aromatic carbocycles. The van der Waals surface area contributed by atoms with Gasteiger partial charge in [-0.15, -0.1) is 0 Å². The Balaban J connectivity index is 2.58. The Morgan fingerprint density at radius 2 is 1.90 bits per heavy atom. The molecular weight excluding hydrogens is 266 g/mol. The van der Waals surface area contributed by atoms with E-state index < -0.39 is 5.97 Å². The number of benzene rings is 1. The van der Waals surface area contributed by atoms with Gasteiger partial charge >= 0.3 is 5.97 Å². The Hall–Kier alpha value is -2.62. The normalized spacial score (nSPS) is 11.0. The van der Waals surface area contributed by atoms with E-state index in [4.69, 9.17) is 5.11 Å². The molecule has 1 heterocycles. The van der Waals surface area contributed by atoms with Crippen LogP contribution in [0.25, 0.3) is 17.3 Å². The molecule has 0 aliphatic carbocycles. The standard InChI is InChI=1S/C17H17NO3/c1-11-4-5-12(2)14(10-11)15-8-6-13(7-9-16(19)20)17(21)18(15)3/h4-10H,1-3H3,(H,19,20)/b9-7+. The van der Waals surface area contributed by atoms with Gasteiger partial charge in [0.25, 0.3) is 5.56 Å². The predicted octanol–water partition coefficient (Wildman–Crippen LogP) is 2.77. The van der Waals surface area contributed by atoms with Crippen LogP contribution in [-0.2, 0) is 11.8 Å². The first-order chi connectivity index (χ1) is 9.90. The minimum atomic E-state index is -1.07. The SMILES string of the molecule is Cc1ccc(C)c(-c2ccc(/C=C/C(=O)O)c(=O)n2C)c1. The van der Waals surface area contributed by atoms with Gasteiger partial charge in [0.2, 0.25) is 0 Å². The van der Waals surface area contributed by atoms with Crippen molar-refractivity contribution in [2.75, 3.05) is 0 Å². The summed E-state index contributed by atoms with van der Waals surface area (Å²) in [6.07, 6.45) is 2.28. The fraction of sp³-hybridized carbons (Fsp3) is 0.176. The molecule has 0 aliphatic rings. The van der Waals surface area contributed by atoms with Crippen molar-refractivity contribution in [2.45, 2.75) is 13.8 Å². The number of rotatable bonds is 3. The van der Waals surface area contributed by atoms with Gasteiger partial charge in [-0.05, 0) is 43.7 Å². The van der Waals surface area contributed by atoms with Crippen LogP contribution in [0.4, 0.5) is 0 Å². The second kappa shape index (κ2) is 5.79. The van der Waals surface area contributed by atoms with Crippen LogP contribution in [0.5, 0.6) is 0 Å². The monoisotopic (exact) mass is 283 g/mol. The summed E-state index contributed by atoms with van der Waals surface area (Å²) >= 11 is 0. The highest BCUT2D eigenvalue weighted by molar-refractivity contribution is 5.85. The number of carboxylic acid groups (broad SMARTS) is 1. The maximum atomic E-state index is 12.3. The summed E-state index contributed by atoms with van der Waals surface area (Å²) in [5.74, 6) is -1.07. The van der Waals surface area contributed by atoms with Crippen LogP contribution in [0.1, 0.15) is 16.7 Å². The van der Waals surface area contributed by atoms with Crippen molar-refractivity contribution >= 4 is 12.0 Å². The zero-order valence-corrected chi connectivity index (χ0v) is 12.3. The van der Waals surface area contributed by atoms with Crippen molar-refractivity contribution in [1.82, 2.24) is 4.57 Å². The molecule has 0 saturated heterocycles. The first kappa shape index (κ1) is 14.8. The van der Waals surface area contributed by atoms with E-state index in [1.165, 1.54) is 6.08 Å². The molecule has 21 heavy (non-hydrogen) atoms. The third-order valence-corrected chi connectivity index (χ3v) is 3.41. The topological polar surface area (TPSA) is 59.3 Å². The third-order valence-electron chi connectivity index (χ3n) is 3.41. The molecule has 0 aliphatic heterocycles. The number of aliphatic carboxylic acids is 1. The molecule has 4 heteroatoms. The summed E-state index contributed by atoms with van der Waals surface area (Å²) in [7, 11) is 1.69. The zero-order chi connectivity index (χ0) is 15.6. The Bertz CT molecular complexity index is 785. The van der Waals surface area contributed by atoms with Gasteiger partial charge in [-0.25, -0.2) is 4.79 Å². The highest BCUT2D eigenvalue weighted by Crippen LogP contribution is 2.23. The summed E-state index contributed by atoms with van der Waals surface area (Å²) < 4.78 is 1.54. The predicted molar refractivity (Wildman–Crippen MR) is 83.3 cm³/mol. The lowest BCUT2D eigenvalue weighted by molar-refractivity contribution is -0.131. The molecule has 0 spiro atoms. The first-order valence-corrected chi connectivity index (χ1v) is 6.59. The average molecular weight is 283 g/mol.